The standard InChI is InChI=1S/C12H14ClN5O/c1-8(18-7-11(6-14)16-17-18)12(19)15-10-4-2-9(13)3-5-10/h2-5,7-8H,6,14H2,1H3,(H,15,19). The van der Waals surface area contributed by atoms with Crippen molar-refractivity contribution in [1.82, 2.24) is 15.0 Å². The average molecular weight is 280 g/mol. The van der Waals surface area contributed by atoms with E-state index in [0.29, 0.717) is 22.9 Å². The Morgan fingerprint density at radius 2 is 2.16 bits per heavy atom. The van der Waals surface area contributed by atoms with E-state index in [1.807, 2.05) is 0 Å². The Morgan fingerprint density at radius 3 is 2.74 bits per heavy atom. The van der Waals surface area contributed by atoms with E-state index in [9.17, 15) is 4.79 Å². The second-order valence-electron chi connectivity index (χ2n) is 4.07. The van der Waals surface area contributed by atoms with E-state index in [0.717, 1.165) is 0 Å². The molecule has 0 aliphatic rings. The zero-order chi connectivity index (χ0) is 13.8. The van der Waals surface area contributed by atoms with Crippen molar-refractivity contribution in [3.8, 4) is 0 Å². The first-order valence-electron chi connectivity index (χ1n) is 5.77. The van der Waals surface area contributed by atoms with Gasteiger partial charge in [-0.05, 0) is 31.2 Å². The number of benzene rings is 1. The number of amides is 1. The fourth-order valence-electron chi connectivity index (χ4n) is 1.50. The van der Waals surface area contributed by atoms with Gasteiger partial charge < -0.3 is 11.1 Å². The monoisotopic (exact) mass is 279 g/mol. The quantitative estimate of drug-likeness (QED) is 0.890. The number of hydrogen-bond donors (Lipinski definition) is 2. The van der Waals surface area contributed by atoms with E-state index in [-0.39, 0.29) is 5.91 Å². The normalized spacial score (nSPS) is 12.2. The first kappa shape index (κ1) is 13.5. The number of hydrogen-bond acceptors (Lipinski definition) is 4. The van der Waals surface area contributed by atoms with Crippen LogP contribution in [0.3, 0.4) is 0 Å². The maximum Gasteiger partial charge on any atom is 0.249 e. The SMILES string of the molecule is CC(C(=O)Nc1ccc(Cl)cc1)n1cc(CN)nn1. The molecule has 7 heteroatoms. The molecule has 1 heterocycles. The molecule has 6 nitrogen and oxygen atoms in total. The van der Waals surface area contributed by atoms with Crippen molar-refractivity contribution in [3.05, 3.63) is 41.2 Å². The van der Waals surface area contributed by atoms with Crippen LogP contribution in [0.1, 0.15) is 18.7 Å². The van der Waals surface area contributed by atoms with Gasteiger partial charge in [0.2, 0.25) is 5.91 Å². The molecule has 1 atom stereocenters. The molecule has 1 amide bonds. The molecule has 19 heavy (non-hydrogen) atoms. The minimum atomic E-state index is -0.469. The highest BCUT2D eigenvalue weighted by Crippen LogP contribution is 2.15. The highest BCUT2D eigenvalue weighted by Gasteiger charge is 2.16. The molecule has 0 fully saturated rings. The summed E-state index contributed by atoms with van der Waals surface area (Å²) in [6.45, 7) is 2.03. The highest BCUT2D eigenvalue weighted by atomic mass is 35.5. The number of carbonyl (C=O) groups excluding carboxylic acids is 1. The van der Waals surface area contributed by atoms with Gasteiger partial charge in [-0.1, -0.05) is 16.8 Å². The second-order valence-corrected chi connectivity index (χ2v) is 4.50. The predicted octanol–water partition coefficient (Wildman–Crippen LogP) is 1.59. The van der Waals surface area contributed by atoms with E-state index in [2.05, 4.69) is 15.6 Å². The topological polar surface area (TPSA) is 85.8 Å². The lowest BCUT2D eigenvalue weighted by molar-refractivity contribution is -0.119. The van der Waals surface area contributed by atoms with Crippen LogP contribution in [0.2, 0.25) is 5.02 Å². The molecule has 1 unspecified atom stereocenters. The van der Waals surface area contributed by atoms with Crippen molar-refractivity contribution in [2.45, 2.75) is 19.5 Å². The predicted molar refractivity (Wildman–Crippen MR) is 72.7 cm³/mol. The first-order valence-corrected chi connectivity index (χ1v) is 6.15. The summed E-state index contributed by atoms with van der Waals surface area (Å²) >= 11 is 5.78. The fraction of sp³-hybridized carbons (Fsp3) is 0.250. The zero-order valence-electron chi connectivity index (χ0n) is 10.4. The molecular weight excluding hydrogens is 266 g/mol. The molecule has 0 spiro atoms. The van der Waals surface area contributed by atoms with Crippen LogP contribution in [0.25, 0.3) is 0 Å². The molecule has 3 N–H and O–H groups in total. The second kappa shape index (κ2) is 5.81. The number of nitrogens with two attached hydrogens (primary N) is 1. The summed E-state index contributed by atoms with van der Waals surface area (Å²) in [5, 5.41) is 11.1. The van der Waals surface area contributed by atoms with Gasteiger partial charge in [0.25, 0.3) is 0 Å². The average Bonchev–Trinajstić information content (AvgIpc) is 2.89. The number of halogens is 1. The Labute approximate surface area is 115 Å². The third-order valence-electron chi connectivity index (χ3n) is 2.65. The van der Waals surface area contributed by atoms with Crippen LogP contribution in [-0.2, 0) is 11.3 Å². The van der Waals surface area contributed by atoms with Gasteiger partial charge in [0.05, 0.1) is 11.9 Å². The lowest BCUT2D eigenvalue weighted by Gasteiger charge is -2.11. The Kier molecular flexibility index (Phi) is 4.13. The van der Waals surface area contributed by atoms with Gasteiger partial charge in [-0.15, -0.1) is 5.10 Å². The summed E-state index contributed by atoms with van der Waals surface area (Å²) in [4.78, 5) is 12.0. The molecule has 0 saturated heterocycles. The summed E-state index contributed by atoms with van der Waals surface area (Å²) in [6.07, 6.45) is 1.66. The lowest BCUT2D eigenvalue weighted by atomic mass is 10.2. The van der Waals surface area contributed by atoms with Gasteiger partial charge in [0.1, 0.15) is 6.04 Å². The van der Waals surface area contributed by atoms with Gasteiger partial charge in [-0.3, -0.25) is 4.79 Å². The third kappa shape index (κ3) is 3.30. The third-order valence-corrected chi connectivity index (χ3v) is 2.91. The Balaban J connectivity index is 2.04. The number of aromatic nitrogens is 3. The molecule has 0 aliphatic carbocycles. The molecule has 2 rings (SSSR count). The number of nitrogens with zero attached hydrogens (tertiary/aromatic N) is 3. The van der Waals surface area contributed by atoms with Crippen LogP contribution >= 0.6 is 11.6 Å². The Hall–Kier alpha value is -1.92. The molecule has 0 saturated carbocycles. The van der Waals surface area contributed by atoms with Crippen molar-refractivity contribution >= 4 is 23.2 Å². The molecule has 0 radical (unpaired) electrons. The maximum absolute atomic E-state index is 12.0. The van der Waals surface area contributed by atoms with Crippen molar-refractivity contribution in [3.63, 3.8) is 0 Å². The fourth-order valence-corrected chi connectivity index (χ4v) is 1.62. The Bertz CT molecular complexity index is 566. The van der Waals surface area contributed by atoms with Gasteiger partial charge >= 0.3 is 0 Å². The molecule has 0 aliphatic heterocycles. The van der Waals surface area contributed by atoms with Crippen molar-refractivity contribution in [2.24, 2.45) is 5.73 Å². The van der Waals surface area contributed by atoms with Gasteiger partial charge in [0.15, 0.2) is 0 Å². The van der Waals surface area contributed by atoms with Crippen LogP contribution in [0.5, 0.6) is 0 Å². The molecular formula is C12H14ClN5O. The van der Waals surface area contributed by atoms with E-state index >= 15 is 0 Å². The summed E-state index contributed by atoms with van der Waals surface area (Å²) < 4.78 is 1.48. The molecule has 100 valence electrons. The van der Waals surface area contributed by atoms with E-state index in [1.54, 1.807) is 37.4 Å². The van der Waals surface area contributed by atoms with Crippen LogP contribution in [0, 0.1) is 0 Å². The van der Waals surface area contributed by atoms with Crippen LogP contribution in [0.15, 0.2) is 30.5 Å². The van der Waals surface area contributed by atoms with Crippen LogP contribution in [0.4, 0.5) is 5.69 Å². The van der Waals surface area contributed by atoms with E-state index in [1.165, 1.54) is 4.68 Å². The van der Waals surface area contributed by atoms with Gasteiger partial charge in [0, 0.05) is 17.3 Å². The maximum atomic E-state index is 12.0. The van der Waals surface area contributed by atoms with E-state index < -0.39 is 6.04 Å². The smallest absolute Gasteiger partial charge is 0.249 e. The molecule has 0 bridgehead atoms. The summed E-state index contributed by atoms with van der Waals surface area (Å²) in [7, 11) is 0. The minimum Gasteiger partial charge on any atom is -0.325 e. The van der Waals surface area contributed by atoms with Crippen molar-refractivity contribution < 1.29 is 4.79 Å². The minimum absolute atomic E-state index is 0.184. The Morgan fingerprint density at radius 1 is 1.47 bits per heavy atom. The summed E-state index contributed by atoms with van der Waals surface area (Å²) in [6, 6.07) is 6.43. The van der Waals surface area contributed by atoms with Crippen LogP contribution in [-0.4, -0.2) is 20.9 Å². The molecule has 1 aromatic heterocycles. The number of nitrogens with one attached hydrogen (secondary N) is 1. The first-order chi connectivity index (χ1) is 9.10. The molecule has 2 aromatic rings. The number of carbonyl (C=O) groups is 1. The zero-order valence-corrected chi connectivity index (χ0v) is 11.1. The van der Waals surface area contributed by atoms with Crippen molar-refractivity contribution in [2.75, 3.05) is 5.32 Å². The number of anilines is 1. The van der Waals surface area contributed by atoms with Crippen LogP contribution < -0.4 is 11.1 Å². The summed E-state index contributed by atoms with van der Waals surface area (Å²) in [5.74, 6) is -0.184. The van der Waals surface area contributed by atoms with E-state index in [4.69, 9.17) is 17.3 Å². The molecule has 1 aromatic carbocycles. The van der Waals surface area contributed by atoms with Gasteiger partial charge in [-0.2, -0.15) is 0 Å². The van der Waals surface area contributed by atoms with Crippen molar-refractivity contribution in [1.29, 1.82) is 0 Å². The summed E-state index contributed by atoms with van der Waals surface area (Å²) in [5.41, 5.74) is 6.77. The lowest BCUT2D eigenvalue weighted by Crippen LogP contribution is -2.24. The highest BCUT2D eigenvalue weighted by molar-refractivity contribution is 6.30. The van der Waals surface area contributed by atoms with Gasteiger partial charge in [-0.25, -0.2) is 4.68 Å². The largest absolute Gasteiger partial charge is 0.325 e. The number of rotatable bonds is 4.